The standard InChI is InChI=1S/C18H11NO2.C14H16N2O2/c20-17-12-6-2-3-7-13(12)18(21)16(17)15-10-9-11-5-1-4-8-14(11)19-15;1-17-13-7-9(3-5-11(13)15)10-4-6-12(16)14(8-10)18-2/h1-10,16H;3-8H,15-16H2,1-2H3. The molecule has 1 heterocycles. The Kier molecular flexibility index (Phi) is 6.97. The number of pyridine rings is 1. The van der Waals surface area contributed by atoms with Gasteiger partial charge in [0.05, 0.1) is 36.8 Å². The van der Waals surface area contributed by atoms with Crippen LogP contribution < -0.4 is 20.9 Å². The number of ketones is 2. The van der Waals surface area contributed by atoms with Gasteiger partial charge in [-0.05, 0) is 47.5 Å². The number of aromatic nitrogens is 1. The lowest BCUT2D eigenvalue weighted by atomic mass is 9.98. The van der Waals surface area contributed by atoms with Gasteiger partial charge in [-0.2, -0.15) is 0 Å². The molecule has 0 atom stereocenters. The summed E-state index contributed by atoms with van der Waals surface area (Å²) < 4.78 is 10.4. The number of hydrogen-bond donors (Lipinski definition) is 2. The molecule has 7 nitrogen and oxygen atoms in total. The lowest BCUT2D eigenvalue weighted by molar-refractivity contribution is 0.0888. The van der Waals surface area contributed by atoms with E-state index in [1.165, 1.54) is 0 Å². The van der Waals surface area contributed by atoms with E-state index < -0.39 is 5.92 Å². The quantitative estimate of drug-likeness (QED) is 0.224. The van der Waals surface area contributed by atoms with E-state index in [0.717, 1.165) is 22.0 Å². The average Bonchev–Trinajstić information content (AvgIpc) is 3.23. The number of nitrogen functional groups attached to an aromatic ring is 2. The third-order valence-corrected chi connectivity index (χ3v) is 6.70. The first-order valence-corrected chi connectivity index (χ1v) is 12.3. The summed E-state index contributed by atoms with van der Waals surface area (Å²) in [5.74, 6) is 0.204. The van der Waals surface area contributed by atoms with E-state index in [9.17, 15) is 9.59 Å². The predicted octanol–water partition coefficient (Wildman–Crippen LogP) is 5.93. The van der Waals surface area contributed by atoms with E-state index in [0.29, 0.717) is 39.7 Å². The molecule has 0 aliphatic heterocycles. The molecule has 0 unspecified atom stereocenters. The van der Waals surface area contributed by atoms with E-state index in [-0.39, 0.29) is 11.6 Å². The fraction of sp³-hybridized carbons (Fsp3) is 0.0938. The third-order valence-electron chi connectivity index (χ3n) is 6.70. The zero-order valence-corrected chi connectivity index (χ0v) is 21.5. The maximum Gasteiger partial charge on any atom is 0.180 e. The number of benzene rings is 4. The van der Waals surface area contributed by atoms with Gasteiger partial charge in [0.25, 0.3) is 0 Å². The number of carbonyl (C=O) groups is 2. The molecule has 0 saturated heterocycles. The van der Waals surface area contributed by atoms with Crippen molar-refractivity contribution >= 4 is 33.8 Å². The molecule has 0 bridgehead atoms. The van der Waals surface area contributed by atoms with Crippen molar-refractivity contribution in [2.24, 2.45) is 0 Å². The average molecular weight is 518 g/mol. The Balaban J connectivity index is 0.000000160. The minimum absolute atomic E-state index is 0.154. The Hall–Kier alpha value is -5.17. The van der Waals surface area contributed by atoms with Crippen LogP contribution in [-0.2, 0) is 0 Å². The minimum atomic E-state index is -0.799. The Morgan fingerprint density at radius 1 is 0.641 bits per heavy atom. The molecular formula is C32H27N3O4. The molecule has 0 saturated carbocycles. The van der Waals surface area contributed by atoms with Gasteiger partial charge in [0, 0.05) is 16.5 Å². The van der Waals surface area contributed by atoms with E-state index in [1.54, 1.807) is 44.6 Å². The number of methoxy groups -OCH3 is 2. The Labute approximate surface area is 226 Å². The van der Waals surface area contributed by atoms with Crippen LogP contribution in [-0.4, -0.2) is 30.8 Å². The van der Waals surface area contributed by atoms with Crippen molar-refractivity contribution in [2.75, 3.05) is 25.7 Å². The minimum Gasteiger partial charge on any atom is -0.495 e. The smallest absolute Gasteiger partial charge is 0.180 e. The van der Waals surface area contributed by atoms with Crippen LogP contribution in [0.2, 0.25) is 0 Å². The van der Waals surface area contributed by atoms with Crippen molar-refractivity contribution in [3.8, 4) is 22.6 Å². The predicted molar refractivity (Wildman–Crippen MR) is 153 cm³/mol. The Morgan fingerprint density at radius 2 is 1.15 bits per heavy atom. The summed E-state index contributed by atoms with van der Waals surface area (Å²) in [7, 11) is 3.19. The first kappa shape index (κ1) is 25.5. The second kappa shape index (κ2) is 10.7. The molecule has 1 aromatic heterocycles. The molecule has 0 amide bonds. The summed E-state index contributed by atoms with van der Waals surface area (Å²) in [4.78, 5) is 29.5. The molecule has 1 aliphatic rings. The third kappa shape index (κ3) is 4.90. The number of nitrogens with two attached hydrogens (primary N) is 2. The number of carbonyl (C=O) groups excluding carboxylic acids is 2. The van der Waals surface area contributed by atoms with Crippen LogP contribution >= 0.6 is 0 Å². The van der Waals surface area contributed by atoms with E-state index in [4.69, 9.17) is 20.9 Å². The second-order valence-corrected chi connectivity index (χ2v) is 9.05. The van der Waals surface area contributed by atoms with Gasteiger partial charge >= 0.3 is 0 Å². The van der Waals surface area contributed by atoms with Crippen molar-refractivity contribution in [3.63, 3.8) is 0 Å². The fourth-order valence-electron chi connectivity index (χ4n) is 4.64. The van der Waals surface area contributed by atoms with Crippen LogP contribution in [0.5, 0.6) is 11.5 Å². The molecule has 4 aromatic carbocycles. The monoisotopic (exact) mass is 517 g/mol. The summed E-state index contributed by atoms with van der Waals surface area (Å²) in [6.07, 6.45) is 0. The summed E-state index contributed by atoms with van der Waals surface area (Å²) in [5.41, 5.74) is 17.1. The van der Waals surface area contributed by atoms with Crippen molar-refractivity contribution < 1.29 is 19.1 Å². The highest BCUT2D eigenvalue weighted by molar-refractivity contribution is 6.29. The first-order chi connectivity index (χ1) is 18.9. The number of ether oxygens (including phenoxy) is 2. The Morgan fingerprint density at radius 3 is 1.69 bits per heavy atom. The van der Waals surface area contributed by atoms with Gasteiger partial charge in [-0.15, -0.1) is 0 Å². The van der Waals surface area contributed by atoms with Crippen LogP contribution in [0.25, 0.3) is 22.0 Å². The maximum absolute atomic E-state index is 12.5. The summed E-state index contributed by atoms with van der Waals surface area (Å²) >= 11 is 0. The van der Waals surface area contributed by atoms with Crippen LogP contribution in [0.3, 0.4) is 0 Å². The SMILES string of the molecule is COc1cc(-c2ccc(N)c(OC)c2)ccc1N.O=C1c2ccccc2C(=O)C1c1ccc2ccccc2n1. The number of fused-ring (bicyclic) bond motifs is 2. The molecular weight excluding hydrogens is 490 g/mol. The van der Waals surface area contributed by atoms with Gasteiger partial charge in [-0.1, -0.05) is 60.7 Å². The highest BCUT2D eigenvalue weighted by Gasteiger charge is 2.40. The molecule has 1 aliphatic carbocycles. The number of para-hydroxylation sites is 1. The van der Waals surface area contributed by atoms with Gasteiger partial charge in [-0.3, -0.25) is 14.6 Å². The molecule has 7 heteroatoms. The van der Waals surface area contributed by atoms with Gasteiger partial charge < -0.3 is 20.9 Å². The normalized spacial score (nSPS) is 12.6. The lowest BCUT2D eigenvalue weighted by Gasteiger charge is -2.10. The van der Waals surface area contributed by atoms with Crippen molar-refractivity contribution in [1.29, 1.82) is 0 Å². The molecule has 194 valence electrons. The highest BCUT2D eigenvalue weighted by Crippen LogP contribution is 2.34. The fourth-order valence-corrected chi connectivity index (χ4v) is 4.64. The van der Waals surface area contributed by atoms with Crippen LogP contribution in [0.1, 0.15) is 32.3 Å². The van der Waals surface area contributed by atoms with E-state index in [1.807, 2.05) is 66.7 Å². The van der Waals surface area contributed by atoms with Crippen LogP contribution in [0.4, 0.5) is 11.4 Å². The number of anilines is 2. The van der Waals surface area contributed by atoms with Crippen molar-refractivity contribution in [1.82, 2.24) is 4.98 Å². The number of hydrogen-bond acceptors (Lipinski definition) is 7. The first-order valence-electron chi connectivity index (χ1n) is 12.3. The molecule has 0 radical (unpaired) electrons. The number of nitrogens with zero attached hydrogens (tertiary/aromatic N) is 1. The van der Waals surface area contributed by atoms with Crippen LogP contribution in [0, 0.1) is 0 Å². The summed E-state index contributed by atoms with van der Waals surface area (Å²) in [6, 6.07) is 29.6. The van der Waals surface area contributed by atoms with Gasteiger partial charge in [0.2, 0.25) is 0 Å². The molecule has 0 spiro atoms. The number of Topliss-reactive ketones (excluding diaryl/α,β-unsaturated/α-hetero) is 2. The molecule has 39 heavy (non-hydrogen) atoms. The lowest BCUT2D eigenvalue weighted by Crippen LogP contribution is -2.14. The second-order valence-electron chi connectivity index (χ2n) is 9.05. The van der Waals surface area contributed by atoms with Crippen molar-refractivity contribution in [2.45, 2.75) is 5.92 Å². The summed E-state index contributed by atoms with van der Waals surface area (Å²) in [5, 5.41) is 0.997. The van der Waals surface area contributed by atoms with E-state index in [2.05, 4.69) is 4.98 Å². The summed E-state index contributed by atoms with van der Waals surface area (Å²) in [6.45, 7) is 0. The highest BCUT2D eigenvalue weighted by atomic mass is 16.5. The molecule has 0 fully saturated rings. The number of rotatable bonds is 4. The molecule has 6 rings (SSSR count). The molecule has 5 aromatic rings. The van der Waals surface area contributed by atoms with Crippen molar-refractivity contribution in [3.05, 3.63) is 114 Å². The van der Waals surface area contributed by atoms with Gasteiger partial charge in [-0.25, -0.2) is 0 Å². The zero-order valence-electron chi connectivity index (χ0n) is 21.5. The Bertz CT molecular complexity index is 1630. The topological polar surface area (TPSA) is 118 Å². The van der Waals surface area contributed by atoms with Crippen LogP contribution in [0.15, 0.2) is 97.1 Å². The van der Waals surface area contributed by atoms with Gasteiger partial charge in [0.1, 0.15) is 17.4 Å². The largest absolute Gasteiger partial charge is 0.495 e. The van der Waals surface area contributed by atoms with E-state index >= 15 is 0 Å². The van der Waals surface area contributed by atoms with Gasteiger partial charge in [0.15, 0.2) is 11.6 Å². The maximum atomic E-state index is 12.5. The molecule has 4 N–H and O–H groups in total. The zero-order chi connectivity index (χ0) is 27.5.